The van der Waals surface area contributed by atoms with Crippen LogP contribution < -0.4 is 14.4 Å². The van der Waals surface area contributed by atoms with Gasteiger partial charge in [-0.3, -0.25) is 9.10 Å². The maximum absolute atomic E-state index is 12.9. The number of rotatable bonds is 10. The molecule has 34 heavy (non-hydrogen) atoms. The van der Waals surface area contributed by atoms with Crippen molar-refractivity contribution >= 4 is 21.6 Å². The molecular formula is C27H32N2O4S. The van der Waals surface area contributed by atoms with Crippen molar-refractivity contribution < 1.29 is 17.9 Å². The van der Waals surface area contributed by atoms with Gasteiger partial charge in [0.2, 0.25) is 15.9 Å². The zero-order valence-corrected chi connectivity index (χ0v) is 20.9. The summed E-state index contributed by atoms with van der Waals surface area (Å²) in [6.45, 7) is 5.85. The highest BCUT2D eigenvalue weighted by Gasteiger charge is 2.27. The van der Waals surface area contributed by atoms with Crippen molar-refractivity contribution in [1.82, 2.24) is 5.32 Å². The third-order valence-corrected chi connectivity index (χ3v) is 6.70. The van der Waals surface area contributed by atoms with E-state index in [1.165, 1.54) is 5.56 Å². The van der Waals surface area contributed by atoms with E-state index in [-0.39, 0.29) is 23.9 Å². The quantitative estimate of drug-likeness (QED) is 0.437. The van der Waals surface area contributed by atoms with Gasteiger partial charge in [-0.1, -0.05) is 74.5 Å². The van der Waals surface area contributed by atoms with E-state index in [0.29, 0.717) is 23.6 Å². The lowest BCUT2D eigenvalue weighted by Crippen LogP contribution is -2.44. The number of carbonyl (C=O) groups is 1. The molecule has 0 heterocycles. The molecule has 1 amide bonds. The highest BCUT2D eigenvalue weighted by molar-refractivity contribution is 7.92. The van der Waals surface area contributed by atoms with Crippen LogP contribution in [0.15, 0.2) is 84.9 Å². The van der Waals surface area contributed by atoms with Crippen molar-refractivity contribution in [3.63, 3.8) is 0 Å². The van der Waals surface area contributed by atoms with Crippen LogP contribution in [0.25, 0.3) is 0 Å². The molecule has 0 saturated heterocycles. The fourth-order valence-electron chi connectivity index (χ4n) is 4.02. The van der Waals surface area contributed by atoms with Crippen LogP contribution in [0.3, 0.4) is 0 Å². The van der Waals surface area contributed by atoms with E-state index in [1.807, 2.05) is 43.3 Å². The zero-order chi connectivity index (χ0) is 24.8. The molecule has 0 aromatic heterocycles. The molecule has 3 aromatic carbocycles. The molecule has 3 rings (SSSR count). The molecule has 1 atom stereocenters. The molecule has 0 saturated carbocycles. The Balaban J connectivity index is 1.75. The van der Waals surface area contributed by atoms with Gasteiger partial charge in [0, 0.05) is 6.04 Å². The second kappa shape index (κ2) is 10.7. The summed E-state index contributed by atoms with van der Waals surface area (Å²) in [5.41, 5.74) is 1.34. The van der Waals surface area contributed by atoms with Crippen LogP contribution in [-0.4, -0.2) is 33.2 Å². The van der Waals surface area contributed by atoms with E-state index < -0.39 is 10.0 Å². The third kappa shape index (κ3) is 6.84. The zero-order valence-electron chi connectivity index (χ0n) is 20.1. The molecule has 0 aliphatic carbocycles. The molecule has 0 radical (unpaired) electrons. The van der Waals surface area contributed by atoms with Crippen molar-refractivity contribution in [2.45, 2.75) is 38.6 Å². The van der Waals surface area contributed by atoms with Gasteiger partial charge in [0.1, 0.15) is 12.3 Å². The van der Waals surface area contributed by atoms with E-state index in [9.17, 15) is 13.2 Å². The lowest BCUT2D eigenvalue weighted by atomic mass is 9.79. The molecule has 0 aliphatic rings. The van der Waals surface area contributed by atoms with Crippen LogP contribution >= 0.6 is 0 Å². The number of hydrogen-bond donors (Lipinski definition) is 1. The standard InChI is InChI=1S/C27H32N2O4S/c1-21(19-27(2,3)22-13-7-5-8-14-22)28-26(30)20-29(34(4,31)32)24-17-11-12-18-25(24)33-23-15-9-6-10-16-23/h5-18,21H,19-20H2,1-4H3,(H,28,30). The number of anilines is 1. The maximum Gasteiger partial charge on any atom is 0.240 e. The highest BCUT2D eigenvalue weighted by Crippen LogP contribution is 2.33. The van der Waals surface area contributed by atoms with Crippen molar-refractivity contribution in [1.29, 1.82) is 0 Å². The summed E-state index contributed by atoms with van der Waals surface area (Å²) in [7, 11) is -3.75. The van der Waals surface area contributed by atoms with Gasteiger partial charge in [-0.05, 0) is 48.6 Å². The minimum Gasteiger partial charge on any atom is -0.455 e. The van der Waals surface area contributed by atoms with Crippen molar-refractivity contribution in [2.75, 3.05) is 17.1 Å². The molecule has 0 aliphatic heterocycles. The van der Waals surface area contributed by atoms with Gasteiger partial charge in [-0.2, -0.15) is 0 Å². The monoisotopic (exact) mass is 480 g/mol. The van der Waals surface area contributed by atoms with Crippen LogP contribution in [0.4, 0.5) is 5.69 Å². The first kappa shape index (κ1) is 25.3. The number of nitrogens with zero attached hydrogens (tertiary/aromatic N) is 1. The summed E-state index contributed by atoms with van der Waals surface area (Å²) in [6.07, 6.45) is 1.79. The summed E-state index contributed by atoms with van der Waals surface area (Å²) < 4.78 is 32.3. The predicted molar refractivity (Wildman–Crippen MR) is 137 cm³/mol. The molecule has 6 nitrogen and oxygen atoms in total. The Morgan fingerprint density at radius 2 is 1.50 bits per heavy atom. The number of benzene rings is 3. The first-order chi connectivity index (χ1) is 16.1. The average molecular weight is 481 g/mol. The van der Waals surface area contributed by atoms with E-state index >= 15 is 0 Å². The van der Waals surface area contributed by atoms with Crippen LogP contribution in [-0.2, 0) is 20.2 Å². The Labute approximate surface area is 202 Å². The van der Waals surface area contributed by atoms with Gasteiger partial charge in [0.05, 0.1) is 11.9 Å². The second-order valence-corrected chi connectivity index (χ2v) is 11.0. The number of carbonyl (C=O) groups excluding carboxylic acids is 1. The number of sulfonamides is 1. The number of hydrogen-bond acceptors (Lipinski definition) is 4. The van der Waals surface area contributed by atoms with E-state index in [1.54, 1.807) is 36.4 Å². The Hall–Kier alpha value is -3.32. The van der Waals surface area contributed by atoms with Gasteiger partial charge in [0.15, 0.2) is 5.75 Å². The Kier molecular flexibility index (Phi) is 7.99. The van der Waals surface area contributed by atoms with Gasteiger partial charge in [0.25, 0.3) is 0 Å². The summed E-state index contributed by atoms with van der Waals surface area (Å²) >= 11 is 0. The fraction of sp³-hybridized carbons (Fsp3) is 0.296. The Morgan fingerprint density at radius 3 is 2.12 bits per heavy atom. The highest BCUT2D eigenvalue weighted by atomic mass is 32.2. The molecule has 180 valence electrons. The van der Waals surface area contributed by atoms with Gasteiger partial charge < -0.3 is 10.1 Å². The van der Waals surface area contributed by atoms with Crippen LogP contribution in [0.5, 0.6) is 11.5 Å². The van der Waals surface area contributed by atoms with Gasteiger partial charge >= 0.3 is 0 Å². The molecule has 0 bridgehead atoms. The largest absolute Gasteiger partial charge is 0.455 e. The van der Waals surface area contributed by atoms with Crippen LogP contribution in [0.1, 0.15) is 32.8 Å². The topological polar surface area (TPSA) is 75.7 Å². The molecule has 1 N–H and O–H groups in total. The Morgan fingerprint density at radius 1 is 0.941 bits per heavy atom. The fourth-order valence-corrected chi connectivity index (χ4v) is 4.88. The summed E-state index contributed by atoms with van der Waals surface area (Å²) in [6, 6.07) is 25.9. The van der Waals surface area contributed by atoms with E-state index in [0.717, 1.165) is 10.6 Å². The average Bonchev–Trinajstić information content (AvgIpc) is 2.78. The molecular weight excluding hydrogens is 448 g/mol. The van der Waals surface area contributed by atoms with Crippen LogP contribution in [0.2, 0.25) is 0 Å². The number of nitrogens with one attached hydrogen (secondary N) is 1. The minimum atomic E-state index is -3.75. The lowest BCUT2D eigenvalue weighted by Gasteiger charge is -2.30. The third-order valence-electron chi connectivity index (χ3n) is 5.57. The number of para-hydroxylation sites is 3. The van der Waals surface area contributed by atoms with Crippen molar-refractivity contribution in [3.8, 4) is 11.5 Å². The maximum atomic E-state index is 12.9. The number of amides is 1. The normalized spacial score (nSPS) is 12.6. The molecule has 7 heteroatoms. The van der Waals surface area contributed by atoms with E-state index in [2.05, 4.69) is 31.3 Å². The first-order valence-corrected chi connectivity index (χ1v) is 13.1. The van der Waals surface area contributed by atoms with Crippen molar-refractivity contribution in [3.05, 3.63) is 90.5 Å². The van der Waals surface area contributed by atoms with Crippen molar-refractivity contribution in [2.24, 2.45) is 0 Å². The Bertz CT molecular complexity index is 1200. The summed E-state index contributed by atoms with van der Waals surface area (Å²) in [4.78, 5) is 12.9. The summed E-state index contributed by atoms with van der Waals surface area (Å²) in [5.74, 6) is 0.547. The SMILES string of the molecule is CC(CC(C)(C)c1ccccc1)NC(=O)CN(c1ccccc1Oc1ccccc1)S(C)(=O)=O. The summed E-state index contributed by atoms with van der Waals surface area (Å²) in [5, 5.41) is 2.96. The first-order valence-electron chi connectivity index (χ1n) is 11.2. The second-order valence-electron chi connectivity index (χ2n) is 9.08. The van der Waals surface area contributed by atoms with Crippen LogP contribution in [0, 0.1) is 0 Å². The number of ether oxygens (including phenoxy) is 1. The smallest absolute Gasteiger partial charge is 0.240 e. The molecule has 1 unspecified atom stereocenters. The molecule has 0 fully saturated rings. The minimum absolute atomic E-state index is 0.152. The predicted octanol–water partition coefficient (Wildman–Crippen LogP) is 5.12. The van der Waals surface area contributed by atoms with Gasteiger partial charge in [-0.25, -0.2) is 8.42 Å². The van der Waals surface area contributed by atoms with Gasteiger partial charge in [-0.15, -0.1) is 0 Å². The lowest BCUT2D eigenvalue weighted by molar-refractivity contribution is -0.120. The molecule has 3 aromatic rings. The van der Waals surface area contributed by atoms with E-state index in [4.69, 9.17) is 4.74 Å². The molecule has 0 spiro atoms.